The maximum absolute atomic E-state index is 12.3. The molecule has 0 bridgehead atoms. The van der Waals surface area contributed by atoms with Crippen molar-refractivity contribution >= 4 is 10.2 Å². The Labute approximate surface area is 117 Å². The van der Waals surface area contributed by atoms with E-state index >= 15 is 0 Å². The maximum atomic E-state index is 12.3. The Morgan fingerprint density at radius 1 is 1.26 bits per heavy atom. The number of rotatable bonds is 4. The number of hydrogen-bond donors (Lipinski definition) is 2. The summed E-state index contributed by atoms with van der Waals surface area (Å²) in [5.41, 5.74) is 0. The number of nitrogens with zero attached hydrogens (tertiary/aromatic N) is 1. The summed E-state index contributed by atoms with van der Waals surface area (Å²) in [6.45, 7) is 7.40. The molecule has 19 heavy (non-hydrogen) atoms. The fraction of sp³-hybridized carbons (Fsp3) is 1.00. The number of piperidine rings is 2. The van der Waals surface area contributed by atoms with Crippen molar-refractivity contribution in [2.45, 2.75) is 45.6 Å². The van der Waals surface area contributed by atoms with Crippen molar-refractivity contribution in [3.63, 3.8) is 0 Å². The van der Waals surface area contributed by atoms with Crippen molar-refractivity contribution in [3.05, 3.63) is 0 Å². The van der Waals surface area contributed by atoms with Gasteiger partial charge in [0.25, 0.3) is 10.2 Å². The molecule has 0 aromatic rings. The molecule has 2 N–H and O–H groups in total. The van der Waals surface area contributed by atoms with Crippen molar-refractivity contribution in [1.29, 1.82) is 0 Å². The minimum Gasteiger partial charge on any atom is -0.316 e. The zero-order chi connectivity index (χ0) is 13.9. The summed E-state index contributed by atoms with van der Waals surface area (Å²) in [7, 11) is -3.30. The first kappa shape index (κ1) is 15.2. The second-order valence-electron chi connectivity index (χ2n) is 6.04. The Morgan fingerprint density at radius 2 is 2.05 bits per heavy atom. The van der Waals surface area contributed by atoms with Crippen LogP contribution in [0.15, 0.2) is 0 Å². The van der Waals surface area contributed by atoms with Crippen LogP contribution in [0.2, 0.25) is 0 Å². The SMILES string of the molecule is CC1CCNCC1CNS(=O)(=O)N1CCCCC1C. The maximum Gasteiger partial charge on any atom is 0.279 e. The van der Waals surface area contributed by atoms with Gasteiger partial charge >= 0.3 is 0 Å². The lowest BCUT2D eigenvalue weighted by atomic mass is 9.88. The van der Waals surface area contributed by atoms with Crippen LogP contribution in [0.3, 0.4) is 0 Å². The minimum atomic E-state index is -3.30. The van der Waals surface area contributed by atoms with Crippen molar-refractivity contribution in [1.82, 2.24) is 14.3 Å². The second kappa shape index (κ2) is 6.52. The standard InChI is InChI=1S/C13H27N3O2S/c1-11-6-7-14-9-13(11)10-15-19(17,18)16-8-4-3-5-12(16)2/h11-15H,3-10H2,1-2H3. The van der Waals surface area contributed by atoms with Crippen LogP contribution in [-0.4, -0.2) is 44.9 Å². The Morgan fingerprint density at radius 3 is 2.74 bits per heavy atom. The molecule has 0 saturated carbocycles. The highest BCUT2D eigenvalue weighted by Gasteiger charge is 2.30. The lowest BCUT2D eigenvalue weighted by Crippen LogP contribution is -2.50. The molecule has 0 spiro atoms. The van der Waals surface area contributed by atoms with E-state index in [9.17, 15) is 8.42 Å². The molecule has 0 amide bonds. The molecule has 5 nitrogen and oxygen atoms in total. The summed E-state index contributed by atoms with van der Waals surface area (Å²) in [4.78, 5) is 0. The smallest absolute Gasteiger partial charge is 0.279 e. The molecule has 2 aliphatic heterocycles. The summed E-state index contributed by atoms with van der Waals surface area (Å²) in [6.07, 6.45) is 4.22. The summed E-state index contributed by atoms with van der Waals surface area (Å²) >= 11 is 0. The predicted molar refractivity (Wildman–Crippen MR) is 77.1 cm³/mol. The van der Waals surface area contributed by atoms with Crippen molar-refractivity contribution in [2.75, 3.05) is 26.2 Å². The third kappa shape index (κ3) is 3.90. The second-order valence-corrected chi connectivity index (χ2v) is 7.75. The van der Waals surface area contributed by atoms with Crippen LogP contribution in [0.25, 0.3) is 0 Å². The van der Waals surface area contributed by atoms with E-state index in [0.717, 1.165) is 38.8 Å². The third-order valence-electron chi connectivity index (χ3n) is 4.57. The highest BCUT2D eigenvalue weighted by Crippen LogP contribution is 2.21. The lowest BCUT2D eigenvalue weighted by molar-refractivity contribution is 0.253. The first-order chi connectivity index (χ1) is 9.00. The molecule has 2 rings (SSSR count). The Hall–Kier alpha value is -0.170. The Bertz CT molecular complexity index is 385. The molecule has 2 aliphatic rings. The zero-order valence-electron chi connectivity index (χ0n) is 12.1. The fourth-order valence-corrected chi connectivity index (χ4v) is 4.59. The summed E-state index contributed by atoms with van der Waals surface area (Å²) in [5, 5.41) is 3.34. The molecular formula is C13H27N3O2S. The van der Waals surface area contributed by atoms with Gasteiger partial charge in [-0.05, 0) is 51.1 Å². The van der Waals surface area contributed by atoms with Gasteiger partial charge in [-0.15, -0.1) is 0 Å². The van der Waals surface area contributed by atoms with E-state index in [0.29, 0.717) is 24.9 Å². The minimum absolute atomic E-state index is 0.133. The molecule has 2 fully saturated rings. The van der Waals surface area contributed by atoms with Crippen LogP contribution in [-0.2, 0) is 10.2 Å². The molecule has 0 aromatic heterocycles. The van der Waals surface area contributed by atoms with Gasteiger partial charge < -0.3 is 5.32 Å². The lowest BCUT2D eigenvalue weighted by Gasteiger charge is -2.34. The zero-order valence-corrected chi connectivity index (χ0v) is 12.9. The van der Waals surface area contributed by atoms with E-state index in [1.165, 1.54) is 0 Å². The van der Waals surface area contributed by atoms with Gasteiger partial charge in [-0.25, -0.2) is 4.72 Å². The summed E-state index contributed by atoms with van der Waals surface area (Å²) in [6, 6.07) is 0.133. The van der Waals surface area contributed by atoms with Gasteiger partial charge in [0.15, 0.2) is 0 Å². The van der Waals surface area contributed by atoms with Gasteiger partial charge in [-0.2, -0.15) is 12.7 Å². The van der Waals surface area contributed by atoms with Crippen LogP contribution in [0.1, 0.15) is 39.5 Å². The molecule has 3 atom stereocenters. The Balaban J connectivity index is 1.89. The molecule has 112 valence electrons. The topological polar surface area (TPSA) is 61.4 Å². The Kier molecular flexibility index (Phi) is 5.22. The highest BCUT2D eigenvalue weighted by atomic mass is 32.2. The predicted octanol–water partition coefficient (Wildman–Crippen LogP) is 0.941. The average Bonchev–Trinajstić information content (AvgIpc) is 2.38. The molecule has 3 unspecified atom stereocenters. The average molecular weight is 289 g/mol. The summed E-state index contributed by atoms with van der Waals surface area (Å²) < 4.78 is 29.1. The summed E-state index contributed by atoms with van der Waals surface area (Å²) in [5.74, 6) is 0.992. The van der Waals surface area contributed by atoms with Crippen molar-refractivity contribution in [2.24, 2.45) is 11.8 Å². The van der Waals surface area contributed by atoms with E-state index in [1.807, 2.05) is 6.92 Å². The van der Waals surface area contributed by atoms with Crippen LogP contribution < -0.4 is 10.0 Å². The fourth-order valence-electron chi connectivity index (χ4n) is 3.05. The monoisotopic (exact) mass is 289 g/mol. The van der Waals surface area contributed by atoms with E-state index in [2.05, 4.69) is 17.0 Å². The van der Waals surface area contributed by atoms with Gasteiger partial charge in [0.1, 0.15) is 0 Å². The quantitative estimate of drug-likeness (QED) is 0.810. The van der Waals surface area contributed by atoms with Gasteiger partial charge in [0.2, 0.25) is 0 Å². The molecule has 6 heteroatoms. The van der Waals surface area contributed by atoms with Crippen LogP contribution in [0.4, 0.5) is 0 Å². The van der Waals surface area contributed by atoms with Crippen LogP contribution in [0.5, 0.6) is 0 Å². The van der Waals surface area contributed by atoms with E-state index in [-0.39, 0.29) is 6.04 Å². The largest absolute Gasteiger partial charge is 0.316 e. The number of nitrogens with one attached hydrogen (secondary N) is 2. The van der Waals surface area contributed by atoms with E-state index in [4.69, 9.17) is 0 Å². The molecule has 2 saturated heterocycles. The van der Waals surface area contributed by atoms with Gasteiger partial charge in [0, 0.05) is 19.1 Å². The van der Waals surface area contributed by atoms with Crippen molar-refractivity contribution < 1.29 is 8.42 Å². The van der Waals surface area contributed by atoms with Crippen LogP contribution >= 0.6 is 0 Å². The normalized spacial score (nSPS) is 34.3. The van der Waals surface area contributed by atoms with E-state index in [1.54, 1.807) is 4.31 Å². The molecule has 0 aromatic carbocycles. The molecule has 0 radical (unpaired) electrons. The first-order valence-corrected chi connectivity index (χ1v) is 8.92. The van der Waals surface area contributed by atoms with Gasteiger partial charge in [-0.1, -0.05) is 13.3 Å². The third-order valence-corrected chi connectivity index (χ3v) is 6.26. The molecular weight excluding hydrogens is 262 g/mol. The van der Waals surface area contributed by atoms with Gasteiger partial charge in [-0.3, -0.25) is 0 Å². The van der Waals surface area contributed by atoms with Gasteiger partial charge in [0.05, 0.1) is 0 Å². The van der Waals surface area contributed by atoms with Crippen LogP contribution in [0, 0.1) is 11.8 Å². The first-order valence-electron chi connectivity index (χ1n) is 7.48. The van der Waals surface area contributed by atoms with E-state index < -0.39 is 10.2 Å². The van der Waals surface area contributed by atoms with Crippen molar-refractivity contribution in [3.8, 4) is 0 Å². The molecule has 0 aliphatic carbocycles. The molecule has 2 heterocycles. The highest BCUT2D eigenvalue weighted by molar-refractivity contribution is 7.87. The number of hydrogen-bond acceptors (Lipinski definition) is 3.